The molecule has 1 atom stereocenters. The van der Waals surface area contributed by atoms with Gasteiger partial charge in [0, 0.05) is 12.6 Å². The second kappa shape index (κ2) is 14.1. The third kappa shape index (κ3) is 9.19. The predicted octanol–water partition coefficient (Wildman–Crippen LogP) is 5.16. The Hall–Kier alpha value is -2.95. The van der Waals surface area contributed by atoms with Crippen LogP contribution in [-0.4, -0.2) is 25.5 Å². The van der Waals surface area contributed by atoms with E-state index in [-0.39, 0.29) is 5.96 Å². The fraction of sp³-hybridized carbons (Fsp3) is 0.333. The van der Waals surface area contributed by atoms with Gasteiger partial charge in [0.25, 0.3) is 0 Å². The molecular formula is C24H34FN3O. The molecule has 1 aliphatic rings. The molecule has 0 aliphatic heterocycles. The van der Waals surface area contributed by atoms with Crippen molar-refractivity contribution in [3.8, 4) is 0 Å². The molecule has 0 aromatic heterocycles. The van der Waals surface area contributed by atoms with Crippen molar-refractivity contribution in [1.82, 2.24) is 0 Å². The maximum Gasteiger partial charge on any atom is 0.185 e. The van der Waals surface area contributed by atoms with Gasteiger partial charge >= 0.3 is 0 Å². The van der Waals surface area contributed by atoms with Gasteiger partial charge in [-0.15, -0.1) is 0 Å². The fourth-order valence-electron chi connectivity index (χ4n) is 2.60. The third-order valence-electron chi connectivity index (χ3n) is 4.12. The second-order valence-corrected chi connectivity index (χ2v) is 6.18. The summed E-state index contributed by atoms with van der Waals surface area (Å²) < 4.78 is 13.1. The number of aliphatic imine (C=N–C) groups is 1. The second-order valence-electron chi connectivity index (χ2n) is 6.18. The van der Waals surface area contributed by atoms with Crippen molar-refractivity contribution in [3.63, 3.8) is 0 Å². The van der Waals surface area contributed by atoms with Crippen molar-refractivity contribution in [2.45, 2.75) is 47.2 Å². The van der Waals surface area contributed by atoms with E-state index in [9.17, 15) is 9.18 Å². The smallest absolute Gasteiger partial charge is 0.185 e. The van der Waals surface area contributed by atoms with E-state index >= 15 is 0 Å². The summed E-state index contributed by atoms with van der Waals surface area (Å²) in [5.74, 6) is 0.130. The van der Waals surface area contributed by atoms with Crippen LogP contribution in [0.4, 0.5) is 4.39 Å². The number of benzene rings is 1. The van der Waals surface area contributed by atoms with E-state index < -0.39 is 6.17 Å². The molecule has 5 heteroatoms. The zero-order valence-electron chi connectivity index (χ0n) is 18.4. The topological polar surface area (TPSA) is 81.5 Å². The van der Waals surface area contributed by atoms with E-state index in [2.05, 4.69) is 24.1 Å². The van der Waals surface area contributed by atoms with Crippen LogP contribution in [-0.2, 0) is 6.42 Å². The molecule has 158 valence electrons. The van der Waals surface area contributed by atoms with Gasteiger partial charge in [-0.1, -0.05) is 56.4 Å². The summed E-state index contributed by atoms with van der Waals surface area (Å²) in [5.41, 5.74) is 15.9. The lowest BCUT2D eigenvalue weighted by atomic mass is 9.92. The summed E-state index contributed by atoms with van der Waals surface area (Å²) in [6.45, 7) is 9.54. The number of guanidine groups is 1. The van der Waals surface area contributed by atoms with Crippen molar-refractivity contribution in [3.05, 3.63) is 75.9 Å². The number of halogens is 1. The molecule has 4 N–H and O–H groups in total. The van der Waals surface area contributed by atoms with Gasteiger partial charge in [0.05, 0.1) is 0 Å². The molecule has 0 radical (unpaired) electrons. The van der Waals surface area contributed by atoms with Crippen LogP contribution < -0.4 is 11.5 Å². The maximum absolute atomic E-state index is 13.1. The Morgan fingerprint density at radius 3 is 2.34 bits per heavy atom. The zero-order valence-corrected chi connectivity index (χ0v) is 18.4. The number of nitrogens with zero attached hydrogens (tertiary/aromatic N) is 1. The number of hydrogen-bond acceptors (Lipinski definition) is 2. The van der Waals surface area contributed by atoms with Gasteiger partial charge in [-0.2, -0.15) is 0 Å². The monoisotopic (exact) mass is 399 g/mol. The van der Waals surface area contributed by atoms with E-state index in [1.165, 1.54) is 14.0 Å². The van der Waals surface area contributed by atoms with Crippen molar-refractivity contribution in [1.29, 1.82) is 0 Å². The number of fused-ring (bicyclic) bond motifs is 1. The SMILES string of the molecule is C/C=C(\C=C/C(C)F)C1=C(C)C=Cc2ccc(C=O)cc2C1.CC.CN=C(N)N. The van der Waals surface area contributed by atoms with E-state index in [0.717, 1.165) is 40.6 Å². The highest BCUT2D eigenvalue weighted by molar-refractivity contribution is 5.77. The number of allylic oxidation sites excluding steroid dienone is 7. The lowest BCUT2D eigenvalue weighted by Gasteiger charge is -2.12. The van der Waals surface area contributed by atoms with Crippen LogP contribution >= 0.6 is 0 Å². The summed E-state index contributed by atoms with van der Waals surface area (Å²) in [6, 6.07) is 5.73. The highest BCUT2D eigenvalue weighted by Gasteiger charge is 2.13. The van der Waals surface area contributed by atoms with Crippen LogP contribution in [0, 0.1) is 0 Å². The molecule has 1 aromatic carbocycles. The van der Waals surface area contributed by atoms with Crippen molar-refractivity contribution < 1.29 is 9.18 Å². The number of alkyl halides is 1. The van der Waals surface area contributed by atoms with Crippen LogP contribution in [0.15, 0.2) is 64.2 Å². The first-order valence-electron chi connectivity index (χ1n) is 9.75. The summed E-state index contributed by atoms with van der Waals surface area (Å²) in [6.07, 6.45) is 10.2. The molecule has 0 bridgehead atoms. The lowest BCUT2D eigenvalue weighted by molar-refractivity contribution is 0.112. The first-order chi connectivity index (χ1) is 13.8. The Morgan fingerprint density at radius 2 is 1.86 bits per heavy atom. The number of carbonyl (C=O) groups is 1. The molecule has 4 nitrogen and oxygen atoms in total. The fourth-order valence-corrected chi connectivity index (χ4v) is 2.60. The summed E-state index contributed by atoms with van der Waals surface area (Å²) >= 11 is 0. The molecule has 1 aromatic rings. The van der Waals surface area contributed by atoms with E-state index in [4.69, 9.17) is 11.5 Å². The van der Waals surface area contributed by atoms with Crippen LogP contribution in [0.3, 0.4) is 0 Å². The number of aldehydes is 1. The standard InChI is InChI=1S/C20H21FO.C2H7N3.C2H6/c1-4-17(9-6-15(3)21)20-12-19-11-16(13-22)7-10-18(19)8-5-14(20)2;1-5-2(3)4;1-2/h4-11,13,15H,12H2,1-3H3;1H3,(H4,3,4,5);1-2H3/b9-6-,17-4+;;. The largest absolute Gasteiger partial charge is 0.370 e. The Morgan fingerprint density at radius 1 is 1.24 bits per heavy atom. The molecule has 0 saturated carbocycles. The molecule has 0 amide bonds. The minimum absolute atomic E-state index is 0.130. The molecule has 1 unspecified atom stereocenters. The first-order valence-corrected chi connectivity index (χ1v) is 9.75. The van der Waals surface area contributed by atoms with Gasteiger partial charge in [0.2, 0.25) is 0 Å². The summed E-state index contributed by atoms with van der Waals surface area (Å²) in [5, 5.41) is 0. The van der Waals surface area contributed by atoms with Gasteiger partial charge in [0.15, 0.2) is 5.96 Å². The molecule has 1 aliphatic carbocycles. The van der Waals surface area contributed by atoms with Gasteiger partial charge in [0.1, 0.15) is 12.5 Å². The van der Waals surface area contributed by atoms with E-state index in [1.807, 2.05) is 51.1 Å². The van der Waals surface area contributed by atoms with Crippen molar-refractivity contribution >= 4 is 18.3 Å². The average molecular weight is 400 g/mol. The molecular weight excluding hydrogens is 365 g/mol. The molecule has 29 heavy (non-hydrogen) atoms. The Balaban J connectivity index is 0.000000977. The normalized spacial score (nSPS) is 14.0. The van der Waals surface area contributed by atoms with Gasteiger partial charge in [-0.3, -0.25) is 9.79 Å². The highest BCUT2D eigenvalue weighted by atomic mass is 19.1. The number of rotatable bonds is 4. The molecule has 2 rings (SSSR count). The van der Waals surface area contributed by atoms with Crippen molar-refractivity contribution in [2.75, 3.05) is 7.05 Å². The first kappa shape index (κ1) is 26.1. The predicted molar refractivity (Wildman–Crippen MR) is 124 cm³/mol. The minimum atomic E-state index is -0.967. The molecule has 0 fully saturated rings. The quantitative estimate of drug-likeness (QED) is 0.317. The average Bonchev–Trinajstić information content (AvgIpc) is 2.89. The summed E-state index contributed by atoms with van der Waals surface area (Å²) in [4.78, 5) is 14.4. The van der Waals surface area contributed by atoms with Crippen LogP contribution in [0.2, 0.25) is 0 Å². The Kier molecular flexibility index (Phi) is 12.7. The summed E-state index contributed by atoms with van der Waals surface area (Å²) in [7, 11) is 1.54. The van der Waals surface area contributed by atoms with Crippen LogP contribution in [0.1, 0.15) is 56.1 Å². The highest BCUT2D eigenvalue weighted by Crippen LogP contribution is 2.28. The number of hydrogen-bond donors (Lipinski definition) is 2. The molecule has 0 heterocycles. The van der Waals surface area contributed by atoms with Gasteiger partial charge < -0.3 is 11.5 Å². The molecule has 0 saturated heterocycles. The maximum atomic E-state index is 13.1. The van der Waals surface area contributed by atoms with E-state index in [1.54, 1.807) is 6.08 Å². The Bertz CT molecular complexity index is 811. The third-order valence-corrected chi connectivity index (χ3v) is 4.12. The Labute approximate surface area is 174 Å². The van der Waals surface area contributed by atoms with Crippen LogP contribution in [0.5, 0.6) is 0 Å². The lowest BCUT2D eigenvalue weighted by Crippen LogP contribution is -2.21. The minimum Gasteiger partial charge on any atom is -0.370 e. The van der Waals surface area contributed by atoms with Gasteiger partial charge in [-0.05, 0) is 61.1 Å². The van der Waals surface area contributed by atoms with Crippen LogP contribution in [0.25, 0.3) is 6.08 Å². The van der Waals surface area contributed by atoms with E-state index in [0.29, 0.717) is 5.56 Å². The number of carbonyl (C=O) groups excluding carboxylic acids is 1. The van der Waals surface area contributed by atoms with Gasteiger partial charge in [-0.25, -0.2) is 4.39 Å². The number of nitrogens with two attached hydrogens (primary N) is 2. The zero-order chi connectivity index (χ0) is 22.4. The molecule has 0 spiro atoms. The van der Waals surface area contributed by atoms with Crippen molar-refractivity contribution in [2.24, 2.45) is 16.5 Å².